The minimum Gasteiger partial charge on any atom is -0.448 e. The fraction of sp³-hybridized carbons (Fsp3) is 0.857. The minimum atomic E-state index is -6.16. The highest BCUT2D eigenvalue weighted by atomic mass is 19.4. The molecule has 2 rings (SSSR count). The quantitative estimate of drug-likeness (QED) is 0.689. The average Bonchev–Trinajstić information content (AvgIpc) is 2.96. The molecule has 0 saturated carbocycles. The number of likely N-dealkylation sites (tertiary alicyclic amines) is 1. The molecule has 2 amide bonds. The van der Waals surface area contributed by atoms with Crippen molar-refractivity contribution in [2.45, 2.75) is 49.7 Å². The Kier molecular flexibility index (Phi) is 5.62. The Labute approximate surface area is 144 Å². The zero-order valence-electron chi connectivity index (χ0n) is 13.5. The molecule has 26 heavy (non-hydrogen) atoms. The monoisotopic (exact) mass is 394 g/mol. The van der Waals surface area contributed by atoms with Crippen LogP contribution in [0.25, 0.3) is 0 Å². The lowest BCUT2D eigenvalue weighted by atomic mass is 9.97. The van der Waals surface area contributed by atoms with Gasteiger partial charge in [0.05, 0.1) is 6.54 Å². The predicted molar refractivity (Wildman–Crippen MR) is 72.8 cm³/mol. The van der Waals surface area contributed by atoms with Crippen molar-refractivity contribution in [1.82, 2.24) is 9.80 Å². The van der Waals surface area contributed by atoms with Crippen LogP contribution < -0.4 is 0 Å². The van der Waals surface area contributed by atoms with Crippen LogP contribution in [0.4, 0.5) is 35.5 Å². The van der Waals surface area contributed by atoms with Crippen LogP contribution in [0.5, 0.6) is 0 Å². The van der Waals surface area contributed by atoms with E-state index < -0.39 is 42.9 Å². The van der Waals surface area contributed by atoms with Crippen molar-refractivity contribution in [2.75, 3.05) is 26.2 Å². The fourth-order valence-electron chi connectivity index (χ4n) is 3.05. The van der Waals surface area contributed by atoms with Crippen LogP contribution in [0.2, 0.25) is 0 Å². The largest absolute Gasteiger partial charge is 0.448 e. The van der Waals surface area contributed by atoms with E-state index in [2.05, 4.69) is 0 Å². The Balaban J connectivity index is 1.89. The van der Waals surface area contributed by atoms with E-state index in [0.29, 0.717) is 19.4 Å². The molecule has 0 spiro atoms. The van der Waals surface area contributed by atoms with E-state index in [1.54, 1.807) is 0 Å². The lowest BCUT2D eigenvalue weighted by Gasteiger charge is -2.36. The number of rotatable bonds is 4. The van der Waals surface area contributed by atoms with Crippen LogP contribution in [0, 0.1) is 0 Å². The third-order valence-electron chi connectivity index (χ3n) is 4.63. The van der Waals surface area contributed by atoms with E-state index in [1.165, 1.54) is 4.90 Å². The second kappa shape index (κ2) is 7.10. The summed E-state index contributed by atoms with van der Waals surface area (Å²) in [6, 6.07) is -0.209. The Morgan fingerprint density at radius 2 is 1.54 bits per heavy atom. The van der Waals surface area contributed by atoms with E-state index in [-0.39, 0.29) is 25.7 Å². The maximum atomic E-state index is 13.6. The second-order valence-electron chi connectivity index (χ2n) is 6.22. The number of hydrogen-bond acceptors (Lipinski definition) is 3. The Hall–Kier alpha value is -1.75. The average molecular weight is 394 g/mol. The molecule has 0 unspecified atom stereocenters. The van der Waals surface area contributed by atoms with Crippen molar-refractivity contribution in [2.24, 2.45) is 0 Å². The molecule has 2 aliphatic heterocycles. The number of carbonyl (C=O) groups is 2. The summed E-state index contributed by atoms with van der Waals surface area (Å²) in [5.41, 5.74) is -5.42. The van der Waals surface area contributed by atoms with Crippen molar-refractivity contribution in [3.05, 3.63) is 0 Å². The first-order valence-electron chi connectivity index (χ1n) is 7.90. The molecule has 0 aliphatic carbocycles. The molecule has 0 aromatic heterocycles. The van der Waals surface area contributed by atoms with Crippen molar-refractivity contribution >= 4 is 12.0 Å². The molecule has 0 N–H and O–H groups in total. The van der Waals surface area contributed by atoms with Crippen LogP contribution in [0.1, 0.15) is 25.7 Å². The lowest BCUT2D eigenvalue weighted by Crippen LogP contribution is -2.54. The molecule has 5 nitrogen and oxygen atoms in total. The summed E-state index contributed by atoms with van der Waals surface area (Å²) >= 11 is 0. The molecule has 0 radical (unpaired) electrons. The molecular weight excluding hydrogens is 377 g/mol. The predicted octanol–water partition coefficient (Wildman–Crippen LogP) is 3.04. The van der Waals surface area contributed by atoms with Crippen LogP contribution in [-0.4, -0.2) is 72.1 Å². The summed E-state index contributed by atoms with van der Waals surface area (Å²) in [4.78, 5) is 25.9. The van der Waals surface area contributed by atoms with Gasteiger partial charge < -0.3 is 14.5 Å². The third kappa shape index (κ3) is 3.98. The summed E-state index contributed by atoms with van der Waals surface area (Å²) in [5.74, 6) is -0.983. The number of nitrogens with zero attached hydrogens (tertiary/aromatic N) is 2. The van der Waals surface area contributed by atoms with E-state index in [4.69, 9.17) is 4.74 Å². The van der Waals surface area contributed by atoms with E-state index in [1.807, 2.05) is 0 Å². The van der Waals surface area contributed by atoms with Gasteiger partial charge in [-0.25, -0.2) is 9.18 Å². The maximum absolute atomic E-state index is 13.6. The summed E-state index contributed by atoms with van der Waals surface area (Å²) in [7, 11) is 0. The first-order chi connectivity index (χ1) is 11.9. The highest BCUT2D eigenvalue weighted by Gasteiger charge is 2.72. The van der Waals surface area contributed by atoms with E-state index >= 15 is 0 Å². The summed E-state index contributed by atoms with van der Waals surface area (Å²) in [6.45, 7) is 0.750. The number of carbonyl (C=O) groups excluding carboxylic acids is 2. The van der Waals surface area contributed by atoms with Crippen molar-refractivity contribution < 1.29 is 45.1 Å². The molecule has 2 fully saturated rings. The SMILES string of the molecule is O=C(CCC(F)(C(F)(F)F)C(F)(F)F)N1CCC(N2CCOC2=O)CC1. The number of ether oxygens (including phenoxy) is 1. The van der Waals surface area contributed by atoms with Gasteiger partial charge in [0.25, 0.3) is 5.67 Å². The lowest BCUT2D eigenvalue weighted by molar-refractivity contribution is -0.343. The molecule has 12 heteroatoms. The van der Waals surface area contributed by atoms with Crippen molar-refractivity contribution in [3.63, 3.8) is 0 Å². The Morgan fingerprint density at radius 1 is 1.00 bits per heavy atom. The minimum absolute atomic E-state index is 0.0601. The van der Waals surface area contributed by atoms with Crippen LogP contribution in [0.3, 0.4) is 0 Å². The number of halogens is 7. The van der Waals surface area contributed by atoms with Gasteiger partial charge >= 0.3 is 18.4 Å². The molecule has 2 saturated heterocycles. The first-order valence-corrected chi connectivity index (χ1v) is 7.90. The normalized spacial score (nSPS) is 20.5. The third-order valence-corrected chi connectivity index (χ3v) is 4.63. The molecule has 0 atom stereocenters. The zero-order chi connectivity index (χ0) is 19.8. The maximum Gasteiger partial charge on any atom is 0.431 e. The number of amides is 2. The van der Waals surface area contributed by atoms with Gasteiger partial charge in [0.1, 0.15) is 6.61 Å². The molecular formula is C14H17F7N2O3. The van der Waals surface area contributed by atoms with E-state index in [9.17, 15) is 40.3 Å². The summed E-state index contributed by atoms with van der Waals surface area (Å²) in [6.07, 6.45) is -15.4. The van der Waals surface area contributed by atoms with E-state index in [0.717, 1.165) is 4.90 Å². The Morgan fingerprint density at radius 3 is 1.96 bits per heavy atom. The molecule has 0 aromatic carbocycles. The Bertz CT molecular complexity index is 528. The molecule has 0 bridgehead atoms. The van der Waals surface area contributed by atoms with Gasteiger partial charge in [-0.3, -0.25) is 4.79 Å². The topological polar surface area (TPSA) is 49.9 Å². The van der Waals surface area contributed by atoms with Crippen LogP contribution >= 0.6 is 0 Å². The number of cyclic esters (lactones) is 1. The van der Waals surface area contributed by atoms with Gasteiger partial charge in [-0.1, -0.05) is 0 Å². The van der Waals surface area contributed by atoms with Crippen LogP contribution in [0.15, 0.2) is 0 Å². The fourth-order valence-corrected chi connectivity index (χ4v) is 3.05. The molecule has 150 valence electrons. The van der Waals surface area contributed by atoms with Crippen molar-refractivity contribution in [3.8, 4) is 0 Å². The van der Waals surface area contributed by atoms with Gasteiger partial charge in [0, 0.05) is 32.0 Å². The first kappa shape index (κ1) is 20.6. The van der Waals surface area contributed by atoms with Gasteiger partial charge in [0.15, 0.2) is 0 Å². The zero-order valence-corrected chi connectivity index (χ0v) is 13.5. The highest BCUT2D eigenvalue weighted by Crippen LogP contribution is 2.49. The van der Waals surface area contributed by atoms with Gasteiger partial charge in [-0.15, -0.1) is 0 Å². The second-order valence-corrected chi connectivity index (χ2v) is 6.22. The summed E-state index contributed by atoms with van der Waals surface area (Å²) < 4.78 is 93.3. The number of hydrogen-bond donors (Lipinski definition) is 0. The van der Waals surface area contributed by atoms with Gasteiger partial charge in [-0.05, 0) is 12.8 Å². The number of piperidine rings is 1. The molecule has 0 aromatic rings. The van der Waals surface area contributed by atoms with Crippen molar-refractivity contribution in [1.29, 1.82) is 0 Å². The standard InChI is InChI=1S/C14H17F7N2O3/c15-12(13(16,17)18,14(19,20)21)4-1-10(24)22-5-2-9(3-6-22)23-7-8-26-11(23)25/h9H,1-8H2. The number of alkyl halides is 7. The molecule has 2 aliphatic rings. The van der Waals surface area contributed by atoms with Crippen LogP contribution in [-0.2, 0) is 9.53 Å². The summed E-state index contributed by atoms with van der Waals surface area (Å²) in [5, 5.41) is 0. The molecule has 2 heterocycles. The smallest absolute Gasteiger partial charge is 0.431 e. The van der Waals surface area contributed by atoms with Gasteiger partial charge in [-0.2, -0.15) is 26.3 Å². The van der Waals surface area contributed by atoms with Gasteiger partial charge in [0.2, 0.25) is 5.91 Å². The highest BCUT2D eigenvalue weighted by molar-refractivity contribution is 5.76.